The van der Waals surface area contributed by atoms with Crippen LogP contribution in [0.15, 0.2) is 101 Å². The van der Waals surface area contributed by atoms with E-state index in [1.807, 2.05) is 54.6 Å². The highest BCUT2D eigenvalue weighted by Gasteiger charge is 2.32. The van der Waals surface area contributed by atoms with Crippen LogP contribution in [0.3, 0.4) is 0 Å². The van der Waals surface area contributed by atoms with E-state index in [1.165, 1.54) is 22.5 Å². The summed E-state index contributed by atoms with van der Waals surface area (Å²) in [5, 5.41) is 2.05. The topological polar surface area (TPSA) is 43.6 Å². The maximum absolute atomic E-state index is 13.7. The summed E-state index contributed by atoms with van der Waals surface area (Å²) in [7, 11) is 0. The first-order valence-corrected chi connectivity index (χ1v) is 13.4. The Balaban J connectivity index is 1.56. The molecule has 36 heavy (non-hydrogen) atoms. The summed E-state index contributed by atoms with van der Waals surface area (Å²) in [6.45, 7) is 2.14. The molecule has 6 aromatic rings. The largest absolute Gasteiger partial charge is 0.455 e. The predicted octanol–water partition coefficient (Wildman–Crippen LogP) is 6.41. The number of fused-ring (bicyclic) bond motifs is 4. The molecule has 0 spiro atoms. The molecule has 174 valence electrons. The molecule has 0 saturated carbocycles. The normalized spacial score (nSPS) is 16.0. The fourth-order valence-corrected chi connectivity index (χ4v) is 6.73. The number of para-hydroxylation sites is 3. The average molecular weight is 505 g/mol. The highest BCUT2D eigenvalue weighted by atomic mass is 32.1. The standard InChI is InChI=1S/C30H20N2O2S2/c1-18-9-2-3-10-19(18)27-20-11-4-7-14-24(20)34-28(25-15-8-16-35-25)21(27)17-26-29(33)32-23-13-6-5-12-22(23)31-30(32)36-26/h2-17,27H,1H3/b26-17+. The summed E-state index contributed by atoms with van der Waals surface area (Å²) < 4.78 is 8.92. The Morgan fingerprint density at radius 3 is 2.53 bits per heavy atom. The number of aryl methyl sites for hydroxylation is 1. The molecule has 0 aliphatic carbocycles. The summed E-state index contributed by atoms with van der Waals surface area (Å²) in [5.74, 6) is 1.58. The molecule has 3 aromatic carbocycles. The van der Waals surface area contributed by atoms with Crippen LogP contribution >= 0.6 is 22.7 Å². The van der Waals surface area contributed by atoms with Crippen molar-refractivity contribution in [3.8, 4) is 5.75 Å². The van der Waals surface area contributed by atoms with E-state index in [-0.39, 0.29) is 11.5 Å². The lowest BCUT2D eigenvalue weighted by atomic mass is 9.80. The van der Waals surface area contributed by atoms with Gasteiger partial charge in [-0.25, -0.2) is 9.38 Å². The fourth-order valence-electron chi connectivity index (χ4n) is 5.03. The van der Waals surface area contributed by atoms with E-state index in [1.54, 1.807) is 15.7 Å². The van der Waals surface area contributed by atoms with E-state index in [4.69, 9.17) is 9.72 Å². The lowest BCUT2D eigenvalue weighted by molar-refractivity contribution is 0.490. The van der Waals surface area contributed by atoms with Gasteiger partial charge in [-0.15, -0.1) is 11.3 Å². The molecule has 0 fully saturated rings. The van der Waals surface area contributed by atoms with Crippen LogP contribution < -0.4 is 14.8 Å². The second kappa shape index (κ2) is 8.29. The Kier molecular flexibility index (Phi) is 4.91. The highest BCUT2D eigenvalue weighted by Crippen LogP contribution is 2.47. The number of nitrogens with zero attached hydrogens (tertiary/aromatic N) is 2. The van der Waals surface area contributed by atoms with Crippen LogP contribution in [0.2, 0.25) is 0 Å². The Morgan fingerprint density at radius 2 is 1.69 bits per heavy atom. The van der Waals surface area contributed by atoms with Crippen LogP contribution in [0.4, 0.5) is 0 Å². The van der Waals surface area contributed by atoms with E-state index < -0.39 is 0 Å². The Bertz CT molecular complexity index is 1910. The van der Waals surface area contributed by atoms with Crippen LogP contribution in [0.1, 0.15) is 27.5 Å². The molecule has 3 aromatic heterocycles. The number of benzene rings is 3. The van der Waals surface area contributed by atoms with Crippen LogP contribution in [-0.4, -0.2) is 9.38 Å². The number of ether oxygens (including phenoxy) is 1. The Labute approximate surface area is 215 Å². The first-order valence-electron chi connectivity index (χ1n) is 11.7. The van der Waals surface area contributed by atoms with Crippen LogP contribution in [0.5, 0.6) is 5.75 Å². The third kappa shape index (κ3) is 3.26. The van der Waals surface area contributed by atoms with Gasteiger partial charge in [-0.05, 0) is 53.8 Å². The monoisotopic (exact) mass is 504 g/mol. The van der Waals surface area contributed by atoms with Gasteiger partial charge in [-0.3, -0.25) is 4.79 Å². The SMILES string of the molecule is Cc1ccccc1C1C(/C=c2/sc3nc4ccccc4n3c2=O)=C(c2cccs2)Oc2ccccc21. The minimum Gasteiger partial charge on any atom is -0.455 e. The Morgan fingerprint density at radius 1 is 0.917 bits per heavy atom. The second-order valence-corrected chi connectivity index (χ2v) is 10.8. The van der Waals surface area contributed by atoms with Crippen molar-refractivity contribution in [1.29, 1.82) is 0 Å². The van der Waals surface area contributed by atoms with E-state index in [0.717, 1.165) is 38.6 Å². The van der Waals surface area contributed by atoms with Gasteiger partial charge in [-0.2, -0.15) is 0 Å². The van der Waals surface area contributed by atoms with E-state index in [2.05, 4.69) is 48.7 Å². The third-order valence-corrected chi connectivity index (χ3v) is 8.53. The van der Waals surface area contributed by atoms with Crippen LogP contribution in [0, 0.1) is 6.92 Å². The van der Waals surface area contributed by atoms with Gasteiger partial charge in [-0.1, -0.05) is 72.0 Å². The quantitative estimate of drug-likeness (QED) is 0.280. The van der Waals surface area contributed by atoms with Gasteiger partial charge >= 0.3 is 0 Å². The van der Waals surface area contributed by atoms with E-state index >= 15 is 0 Å². The summed E-state index contributed by atoms with van der Waals surface area (Å²) in [6, 6.07) is 28.5. The molecule has 1 aliphatic heterocycles. The fraction of sp³-hybridized carbons (Fsp3) is 0.0667. The smallest absolute Gasteiger partial charge is 0.274 e. The summed E-state index contributed by atoms with van der Waals surface area (Å²) in [6.07, 6.45) is 2.03. The number of thiophene rings is 1. The van der Waals surface area contributed by atoms with Gasteiger partial charge in [0.2, 0.25) is 0 Å². The summed E-state index contributed by atoms with van der Waals surface area (Å²) in [5.41, 5.74) is 6.09. The van der Waals surface area contributed by atoms with Crippen molar-refractivity contribution >= 4 is 50.5 Å². The van der Waals surface area contributed by atoms with Gasteiger partial charge in [0.25, 0.3) is 5.56 Å². The molecule has 0 saturated heterocycles. The molecule has 6 heteroatoms. The maximum Gasteiger partial charge on any atom is 0.274 e. The van der Waals surface area contributed by atoms with Crippen molar-refractivity contribution in [2.24, 2.45) is 0 Å². The van der Waals surface area contributed by atoms with Gasteiger partial charge < -0.3 is 4.74 Å². The first-order chi connectivity index (χ1) is 17.7. The molecule has 1 atom stereocenters. The molecule has 1 aliphatic rings. The number of aromatic nitrogens is 2. The zero-order valence-corrected chi connectivity index (χ0v) is 21.0. The minimum absolute atomic E-state index is 0.0517. The van der Waals surface area contributed by atoms with Crippen molar-refractivity contribution in [3.05, 3.63) is 132 Å². The zero-order valence-electron chi connectivity index (χ0n) is 19.3. The molecule has 0 N–H and O–H groups in total. The summed E-state index contributed by atoms with van der Waals surface area (Å²) >= 11 is 3.06. The number of hydrogen-bond acceptors (Lipinski definition) is 5. The lowest BCUT2D eigenvalue weighted by Gasteiger charge is -2.30. The molecule has 4 nitrogen and oxygen atoms in total. The number of thiazole rings is 1. The Hall–Kier alpha value is -4.00. The number of allylic oxidation sites excluding steroid dienone is 1. The van der Waals surface area contributed by atoms with Gasteiger partial charge in [0.1, 0.15) is 11.5 Å². The molecule has 0 radical (unpaired) electrons. The lowest BCUT2D eigenvalue weighted by Crippen LogP contribution is -2.25. The number of rotatable bonds is 3. The zero-order chi connectivity index (χ0) is 24.2. The van der Waals surface area contributed by atoms with Crippen LogP contribution in [-0.2, 0) is 0 Å². The van der Waals surface area contributed by atoms with Crippen molar-refractivity contribution in [3.63, 3.8) is 0 Å². The molecule has 7 rings (SSSR count). The second-order valence-electron chi connectivity index (χ2n) is 8.83. The average Bonchev–Trinajstić information content (AvgIpc) is 3.62. The van der Waals surface area contributed by atoms with Gasteiger partial charge in [0.15, 0.2) is 4.96 Å². The third-order valence-electron chi connectivity index (χ3n) is 6.69. The van der Waals surface area contributed by atoms with E-state index in [0.29, 0.717) is 9.49 Å². The first kappa shape index (κ1) is 21.3. The highest BCUT2D eigenvalue weighted by molar-refractivity contribution is 7.15. The van der Waals surface area contributed by atoms with Crippen molar-refractivity contribution in [2.45, 2.75) is 12.8 Å². The maximum atomic E-state index is 13.7. The van der Waals surface area contributed by atoms with Crippen molar-refractivity contribution < 1.29 is 4.74 Å². The molecular weight excluding hydrogens is 484 g/mol. The van der Waals surface area contributed by atoms with Crippen LogP contribution in [0.25, 0.3) is 27.8 Å². The van der Waals surface area contributed by atoms with Crippen molar-refractivity contribution in [1.82, 2.24) is 9.38 Å². The molecule has 4 heterocycles. The molecule has 1 unspecified atom stereocenters. The number of imidazole rings is 1. The number of hydrogen-bond donors (Lipinski definition) is 0. The predicted molar refractivity (Wildman–Crippen MR) is 148 cm³/mol. The molecule has 0 bridgehead atoms. The molecular formula is C30H20N2O2S2. The summed E-state index contributed by atoms with van der Waals surface area (Å²) in [4.78, 5) is 20.1. The van der Waals surface area contributed by atoms with Crippen molar-refractivity contribution in [2.75, 3.05) is 0 Å². The van der Waals surface area contributed by atoms with Gasteiger partial charge in [0.05, 0.1) is 20.4 Å². The molecule has 0 amide bonds. The minimum atomic E-state index is -0.0705. The van der Waals surface area contributed by atoms with E-state index in [9.17, 15) is 4.79 Å². The van der Waals surface area contributed by atoms with Gasteiger partial charge in [0, 0.05) is 17.1 Å².